The molecule has 0 fully saturated rings. The van der Waals surface area contributed by atoms with Crippen LogP contribution in [0.1, 0.15) is 30.9 Å². The van der Waals surface area contributed by atoms with Crippen molar-refractivity contribution in [1.29, 1.82) is 0 Å². The summed E-state index contributed by atoms with van der Waals surface area (Å²) < 4.78 is 5.23. The Bertz CT molecular complexity index is 465. The Morgan fingerprint density at radius 2 is 1.79 bits per heavy atom. The lowest BCUT2D eigenvalue weighted by Gasteiger charge is -2.14. The SMILES string of the molecule is COc1ccc(CC(C(=O)O)C(=O)O)cc1C(C)C. The molecule has 1 rings (SSSR count). The molecule has 5 heteroatoms. The predicted octanol–water partition coefficient (Wildman–Crippen LogP) is 2.15. The first-order chi connectivity index (χ1) is 8.86. The monoisotopic (exact) mass is 266 g/mol. The molecule has 1 aromatic carbocycles. The third kappa shape index (κ3) is 3.71. The van der Waals surface area contributed by atoms with E-state index in [2.05, 4.69) is 0 Å². The van der Waals surface area contributed by atoms with Gasteiger partial charge in [0, 0.05) is 0 Å². The number of benzene rings is 1. The van der Waals surface area contributed by atoms with Crippen LogP contribution in [0.4, 0.5) is 0 Å². The molecule has 0 aliphatic heterocycles. The summed E-state index contributed by atoms with van der Waals surface area (Å²) in [5, 5.41) is 17.8. The molecule has 19 heavy (non-hydrogen) atoms. The summed E-state index contributed by atoms with van der Waals surface area (Å²) in [5.74, 6) is -3.14. The van der Waals surface area contributed by atoms with E-state index in [0.717, 1.165) is 11.3 Å². The van der Waals surface area contributed by atoms with Crippen molar-refractivity contribution in [1.82, 2.24) is 0 Å². The molecule has 104 valence electrons. The number of ether oxygens (including phenoxy) is 1. The van der Waals surface area contributed by atoms with Gasteiger partial charge in [0.2, 0.25) is 0 Å². The molecular weight excluding hydrogens is 248 g/mol. The molecule has 0 unspecified atom stereocenters. The second-order valence-corrected chi connectivity index (χ2v) is 4.66. The summed E-state index contributed by atoms with van der Waals surface area (Å²) in [4.78, 5) is 21.8. The highest BCUT2D eigenvalue weighted by atomic mass is 16.5. The van der Waals surface area contributed by atoms with E-state index >= 15 is 0 Å². The topological polar surface area (TPSA) is 83.8 Å². The Labute approximate surface area is 111 Å². The van der Waals surface area contributed by atoms with Crippen molar-refractivity contribution >= 4 is 11.9 Å². The lowest BCUT2D eigenvalue weighted by Crippen LogP contribution is -2.25. The van der Waals surface area contributed by atoms with Crippen molar-refractivity contribution in [3.8, 4) is 5.75 Å². The van der Waals surface area contributed by atoms with Gasteiger partial charge in [-0.15, -0.1) is 0 Å². The zero-order valence-electron chi connectivity index (χ0n) is 11.2. The van der Waals surface area contributed by atoms with E-state index in [1.54, 1.807) is 19.2 Å². The predicted molar refractivity (Wildman–Crippen MR) is 69.5 cm³/mol. The van der Waals surface area contributed by atoms with E-state index in [-0.39, 0.29) is 12.3 Å². The maximum Gasteiger partial charge on any atom is 0.318 e. The molecule has 0 aliphatic rings. The van der Waals surface area contributed by atoms with Gasteiger partial charge in [-0.2, -0.15) is 0 Å². The third-order valence-electron chi connectivity index (χ3n) is 2.95. The lowest BCUT2D eigenvalue weighted by molar-refractivity contribution is -0.154. The van der Waals surface area contributed by atoms with E-state index in [4.69, 9.17) is 14.9 Å². The number of hydrogen-bond acceptors (Lipinski definition) is 3. The molecule has 0 saturated heterocycles. The average molecular weight is 266 g/mol. The molecule has 0 saturated carbocycles. The van der Waals surface area contributed by atoms with Crippen LogP contribution in [-0.4, -0.2) is 29.3 Å². The summed E-state index contributed by atoms with van der Waals surface area (Å²) in [7, 11) is 1.57. The van der Waals surface area contributed by atoms with Crippen LogP contribution in [0.3, 0.4) is 0 Å². The zero-order valence-corrected chi connectivity index (χ0v) is 11.2. The number of carboxylic acids is 2. The Morgan fingerprint density at radius 3 is 2.21 bits per heavy atom. The molecule has 0 radical (unpaired) electrons. The second kappa shape index (κ2) is 6.22. The molecule has 0 amide bonds. The molecule has 0 heterocycles. The van der Waals surface area contributed by atoms with Crippen molar-refractivity contribution in [2.24, 2.45) is 5.92 Å². The third-order valence-corrected chi connectivity index (χ3v) is 2.95. The molecule has 5 nitrogen and oxygen atoms in total. The summed E-state index contributed by atoms with van der Waals surface area (Å²) >= 11 is 0. The molecular formula is C14H18O5. The van der Waals surface area contributed by atoms with Crippen molar-refractivity contribution < 1.29 is 24.5 Å². The maximum atomic E-state index is 10.9. The minimum atomic E-state index is -1.42. The molecule has 0 spiro atoms. The largest absolute Gasteiger partial charge is 0.496 e. The highest BCUT2D eigenvalue weighted by molar-refractivity contribution is 5.93. The summed E-state index contributed by atoms with van der Waals surface area (Å²) in [6, 6.07) is 5.25. The molecule has 1 aromatic rings. The second-order valence-electron chi connectivity index (χ2n) is 4.66. The van der Waals surface area contributed by atoms with Gasteiger partial charge in [-0.25, -0.2) is 0 Å². The van der Waals surface area contributed by atoms with Crippen molar-refractivity contribution in [3.63, 3.8) is 0 Å². The van der Waals surface area contributed by atoms with Crippen LogP contribution in [-0.2, 0) is 16.0 Å². The standard InChI is InChI=1S/C14H18O5/c1-8(2)10-6-9(4-5-12(10)19-3)7-11(13(15)16)14(17)18/h4-6,8,11H,7H2,1-3H3,(H,15,16)(H,17,18). The number of hydrogen-bond donors (Lipinski definition) is 2. The van der Waals surface area contributed by atoms with Gasteiger partial charge in [-0.05, 0) is 29.5 Å². The summed E-state index contributed by atoms with van der Waals surface area (Å²) in [5.41, 5.74) is 1.62. The van der Waals surface area contributed by atoms with E-state index in [1.165, 1.54) is 0 Å². The van der Waals surface area contributed by atoms with Gasteiger partial charge in [0.05, 0.1) is 7.11 Å². The minimum absolute atomic E-state index is 0.0334. The van der Waals surface area contributed by atoms with Gasteiger partial charge in [0.15, 0.2) is 5.92 Å². The number of carbonyl (C=O) groups is 2. The molecule has 0 aromatic heterocycles. The van der Waals surface area contributed by atoms with Gasteiger partial charge >= 0.3 is 11.9 Å². The normalized spacial score (nSPS) is 10.8. The minimum Gasteiger partial charge on any atom is -0.496 e. The van der Waals surface area contributed by atoms with Crippen LogP contribution in [0.2, 0.25) is 0 Å². The van der Waals surface area contributed by atoms with Crippen molar-refractivity contribution in [3.05, 3.63) is 29.3 Å². The smallest absolute Gasteiger partial charge is 0.318 e. The first kappa shape index (κ1) is 15.0. The van der Waals surface area contributed by atoms with Crippen molar-refractivity contribution in [2.75, 3.05) is 7.11 Å². The van der Waals surface area contributed by atoms with Crippen LogP contribution in [0.25, 0.3) is 0 Å². The Balaban J connectivity index is 3.05. The first-order valence-corrected chi connectivity index (χ1v) is 5.99. The van der Waals surface area contributed by atoms with Gasteiger partial charge < -0.3 is 14.9 Å². The zero-order chi connectivity index (χ0) is 14.6. The summed E-state index contributed by atoms with van der Waals surface area (Å²) in [6.07, 6.45) is -0.0334. The van der Waals surface area contributed by atoms with E-state index < -0.39 is 17.9 Å². The Morgan fingerprint density at radius 1 is 1.21 bits per heavy atom. The number of carboxylic acid groups (broad SMARTS) is 2. The highest BCUT2D eigenvalue weighted by Gasteiger charge is 2.26. The van der Waals surface area contributed by atoms with Gasteiger partial charge in [0.25, 0.3) is 0 Å². The van der Waals surface area contributed by atoms with Crippen LogP contribution >= 0.6 is 0 Å². The maximum absolute atomic E-state index is 10.9. The number of rotatable bonds is 6. The lowest BCUT2D eigenvalue weighted by atomic mass is 9.94. The van der Waals surface area contributed by atoms with Gasteiger partial charge in [0.1, 0.15) is 5.75 Å². The fraction of sp³-hybridized carbons (Fsp3) is 0.429. The van der Waals surface area contributed by atoms with Gasteiger partial charge in [-0.3, -0.25) is 9.59 Å². The van der Waals surface area contributed by atoms with Crippen LogP contribution in [0.15, 0.2) is 18.2 Å². The molecule has 0 aliphatic carbocycles. The number of methoxy groups -OCH3 is 1. The van der Waals surface area contributed by atoms with Crippen LogP contribution in [0, 0.1) is 5.92 Å². The Kier molecular flexibility index (Phi) is 4.92. The molecule has 2 N–H and O–H groups in total. The first-order valence-electron chi connectivity index (χ1n) is 5.99. The van der Waals surface area contributed by atoms with Crippen LogP contribution < -0.4 is 4.74 Å². The van der Waals surface area contributed by atoms with Crippen LogP contribution in [0.5, 0.6) is 5.75 Å². The highest BCUT2D eigenvalue weighted by Crippen LogP contribution is 2.28. The van der Waals surface area contributed by atoms with E-state index in [9.17, 15) is 9.59 Å². The quantitative estimate of drug-likeness (QED) is 0.771. The number of aliphatic carboxylic acids is 2. The molecule has 0 atom stereocenters. The average Bonchev–Trinajstić information content (AvgIpc) is 2.34. The summed E-state index contributed by atoms with van der Waals surface area (Å²) in [6.45, 7) is 3.99. The fourth-order valence-corrected chi connectivity index (χ4v) is 1.88. The molecule has 0 bridgehead atoms. The van der Waals surface area contributed by atoms with Crippen molar-refractivity contribution in [2.45, 2.75) is 26.2 Å². The van der Waals surface area contributed by atoms with E-state index in [0.29, 0.717) is 5.56 Å². The van der Waals surface area contributed by atoms with E-state index in [1.807, 2.05) is 19.9 Å². The fourth-order valence-electron chi connectivity index (χ4n) is 1.88. The Hall–Kier alpha value is -2.04. The van der Waals surface area contributed by atoms with Gasteiger partial charge in [-0.1, -0.05) is 26.0 Å².